The molecule has 2 aromatic carbocycles. The molecule has 0 aliphatic carbocycles. The van der Waals surface area contributed by atoms with Gasteiger partial charge in [-0.15, -0.1) is 0 Å². The Morgan fingerprint density at radius 3 is 2.67 bits per heavy atom. The molecule has 3 rings (SSSR count). The van der Waals surface area contributed by atoms with Crippen molar-refractivity contribution in [2.24, 2.45) is 0 Å². The second-order valence-corrected chi connectivity index (χ2v) is 5.82. The van der Waals surface area contributed by atoms with Gasteiger partial charge >= 0.3 is 5.97 Å². The molecule has 0 aliphatic heterocycles. The van der Waals surface area contributed by atoms with Gasteiger partial charge in [-0.2, -0.15) is 0 Å². The van der Waals surface area contributed by atoms with Gasteiger partial charge in [-0.1, -0.05) is 29.8 Å². The van der Waals surface area contributed by atoms with Gasteiger partial charge < -0.3 is 14.5 Å². The fourth-order valence-electron chi connectivity index (χ4n) is 2.49. The van der Waals surface area contributed by atoms with Crippen molar-refractivity contribution >= 4 is 28.5 Å². The summed E-state index contributed by atoms with van der Waals surface area (Å²) in [6, 6.07) is 15.1. The van der Waals surface area contributed by atoms with Crippen LogP contribution in [0.25, 0.3) is 10.9 Å². The van der Waals surface area contributed by atoms with Crippen molar-refractivity contribution in [1.82, 2.24) is 4.98 Å². The van der Waals surface area contributed by atoms with Gasteiger partial charge in [0.25, 0.3) is 0 Å². The summed E-state index contributed by atoms with van der Waals surface area (Å²) in [6.45, 7) is 0.551. The van der Waals surface area contributed by atoms with Gasteiger partial charge in [0.1, 0.15) is 19.0 Å². The minimum Gasteiger partial charge on any atom is -0.490 e. The van der Waals surface area contributed by atoms with Gasteiger partial charge in [-0.05, 0) is 42.3 Å². The maximum atomic E-state index is 11.8. The summed E-state index contributed by atoms with van der Waals surface area (Å²) in [5.74, 6) is 0.481. The van der Waals surface area contributed by atoms with Crippen LogP contribution < -0.4 is 4.74 Å². The zero-order chi connectivity index (χ0) is 16.8. The molecule has 4 nitrogen and oxygen atoms in total. The number of aryl methyl sites for hydroxylation is 1. The predicted octanol–water partition coefficient (Wildman–Crippen LogP) is 4.38. The van der Waals surface area contributed by atoms with Crippen LogP contribution in [0, 0.1) is 0 Å². The molecule has 1 N–H and O–H groups in total. The number of fused-ring (bicyclic) bond motifs is 1. The van der Waals surface area contributed by atoms with E-state index in [0.29, 0.717) is 30.2 Å². The first-order valence-electron chi connectivity index (χ1n) is 7.81. The van der Waals surface area contributed by atoms with Crippen molar-refractivity contribution in [3.63, 3.8) is 0 Å². The summed E-state index contributed by atoms with van der Waals surface area (Å²) in [6.07, 6.45) is 2.95. The van der Waals surface area contributed by atoms with E-state index in [4.69, 9.17) is 21.1 Å². The van der Waals surface area contributed by atoms with Crippen LogP contribution in [0.2, 0.25) is 5.02 Å². The lowest BCUT2D eigenvalue weighted by molar-refractivity contribution is -0.144. The Hall–Kier alpha value is -2.46. The van der Waals surface area contributed by atoms with Gasteiger partial charge in [-0.3, -0.25) is 4.79 Å². The zero-order valence-electron chi connectivity index (χ0n) is 13.1. The minimum absolute atomic E-state index is 0.222. The summed E-state index contributed by atoms with van der Waals surface area (Å²) in [7, 11) is 0. The molecule has 0 bridgehead atoms. The van der Waals surface area contributed by atoms with Crippen LogP contribution in [-0.4, -0.2) is 24.2 Å². The molecule has 0 spiro atoms. The molecule has 1 aromatic heterocycles. The van der Waals surface area contributed by atoms with Crippen LogP contribution in [-0.2, 0) is 16.0 Å². The molecule has 3 aromatic rings. The number of hydrogen-bond donors (Lipinski definition) is 1. The number of hydrogen-bond acceptors (Lipinski definition) is 3. The summed E-state index contributed by atoms with van der Waals surface area (Å²) >= 11 is 5.80. The van der Waals surface area contributed by atoms with E-state index < -0.39 is 0 Å². The van der Waals surface area contributed by atoms with Crippen molar-refractivity contribution in [2.75, 3.05) is 13.2 Å². The molecule has 5 heteroatoms. The highest BCUT2D eigenvalue weighted by molar-refractivity contribution is 6.30. The molecule has 124 valence electrons. The van der Waals surface area contributed by atoms with E-state index in [1.165, 1.54) is 0 Å². The Balaban J connectivity index is 1.39. The number of esters is 1. The third kappa shape index (κ3) is 4.30. The lowest BCUT2D eigenvalue weighted by Crippen LogP contribution is -2.12. The number of H-pyrrole nitrogens is 1. The maximum absolute atomic E-state index is 11.8. The third-order valence-electron chi connectivity index (χ3n) is 3.70. The van der Waals surface area contributed by atoms with E-state index in [2.05, 4.69) is 4.98 Å². The highest BCUT2D eigenvalue weighted by Gasteiger charge is 2.07. The first-order valence-corrected chi connectivity index (χ1v) is 8.19. The molecule has 24 heavy (non-hydrogen) atoms. The van der Waals surface area contributed by atoms with Crippen LogP contribution in [0.3, 0.4) is 0 Å². The lowest BCUT2D eigenvalue weighted by atomic mass is 10.1. The lowest BCUT2D eigenvalue weighted by Gasteiger charge is -2.07. The van der Waals surface area contributed by atoms with Crippen LogP contribution >= 0.6 is 11.6 Å². The minimum atomic E-state index is -0.222. The summed E-state index contributed by atoms with van der Waals surface area (Å²) in [5.41, 5.74) is 2.21. The number of nitrogens with one attached hydrogen (secondary N) is 1. The normalized spacial score (nSPS) is 10.7. The Kier molecular flexibility index (Phi) is 5.39. The van der Waals surface area contributed by atoms with Gasteiger partial charge in [0, 0.05) is 28.5 Å². The summed E-state index contributed by atoms with van der Waals surface area (Å²) in [4.78, 5) is 15.0. The quantitative estimate of drug-likeness (QED) is 0.511. The van der Waals surface area contributed by atoms with Gasteiger partial charge in [0.05, 0.1) is 0 Å². The number of rotatable bonds is 7. The first-order chi connectivity index (χ1) is 11.7. The standard InChI is InChI=1S/C19H18ClNO3/c20-15-6-8-16(9-7-15)23-11-12-24-19(22)10-5-14-13-21-18-4-2-1-3-17(14)18/h1-4,6-9,13,21H,5,10-12H2. The Labute approximate surface area is 145 Å². The predicted molar refractivity (Wildman–Crippen MR) is 94.5 cm³/mol. The van der Waals surface area contributed by atoms with Crippen molar-refractivity contribution in [3.05, 3.63) is 65.3 Å². The van der Waals surface area contributed by atoms with Crippen LogP contribution in [0.1, 0.15) is 12.0 Å². The molecule has 0 saturated heterocycles. The van der Waals surface area contributed by atoms with Gasteiger partial charge in [0.2, 0.25) is 0 Å². The first kappa shape index (κ1) is 16.4. The molecule has 0 radical (unpaired) electrons. The number of para-hydroxylation sites is 1. The second-order valence-electron chi connectivity index (χ2n) is 5.38. The van der Waals surface area contributed by atoms with Crippen molar-refractivity contribution < 1.29 is 14.3 Å². The topological polar surface area (TPSA) is 51.3 Å². The Morgan fingerprint density at radius 2 is 1.83 bits per heavy atom. The number of halogens is 1. The maximum Gasteiger partial charge on any atom is 0.306 e. The Morgan fingerprint density at radius 1 is 1.04 bits per heavy atom. The molecule has 0 unspecified atom stereocenters. The SMILES string of the molecule is O=C(CCc1c[nH]c2ccccc12)OCCOc1ccc(Cl)cc1. The third-order valence-corrected chi connectivity index (χ3v) is 3.95. The fraction of sp³-hybridized carbons (Fsp3) is 0.211. The largest absolute Gasteiger partial charge is 0.490 e. The fourth-order valence-corrected chi connectivity index (χ4v) is 2.62. The van der Waals surface area contributed by atoms with Crippen LogP contribution in [0.4, 0.5) is 0 Å². The van der Waals surface area contributed by atoms with Gasteiger partial charge in [-0.25, -0.2) is 0 Å². The molecular formula is C19H18ClNO3. The van der Waals surface area contributed by atoms with E-state index in [-0.39, 0.29) is 12.6 Å². The summed E-state index contributed by atoms with van der Waals surface area (Å²) in [5, 5.41) is 1.81. The molecule has 0 saturated carbocycles. The molecule has 0 fully saturated rings. The zero-order valence-corrected chi connectivity index (χ0v) is 13.9. The Bertz CT molecular complexity index is 811. The number of carbonyl (C=O) groups excluding carboxylic acids is 1. The second kappa shape index (κ2) is 7.88. The van der Waals surface area contributed by atoms with E-state index >= 15 is 0 Å². The van der Waals surface area contributed by atoms with Crippen molar-refractivity contribution in [3.8, 4) is 5.75 Å². The summed E-state index contributed by atoms with van der Waals surface area (Å²) < 4.78 is 10.7. The number of carbonyl (C=O) groups is 1. The monoisotopic (exact) mass is 343 g/mol. The van der Waals surface area contributed by atoms with E-state index in [9.17, 15) is 4.79 Å². The van der Waals surface area contributed by atoms with Crippen LogP contribution in [0.15, 0.2) is 54.7 Å². The smallest absolute Gasteiger partial charge is 0.306 e. The van der Waals surface area contributed by atoms with E-state index in [1.807, 2.05) is 30.5 Å². The van der Waals surface area contributed by atoms with Crippen molar-refractivity contribution in [1.29, 1.82) is 0 Å². The average Bonchev–Trinajstić information content (AvgIpc) is 3.02. The number of benzene rings is 2. The number of ether oxygens (including phenoxy) is 2. The molecule has 0 aliphatic rings. The molecule has 1 heterocycles. The number of aromatic amines is 1. The highest BCUT2D eigenvalue weighted by Crippen LogP contribution is 2.19. The van der Waals surface area contributed by atoms with E-state index in [1.54, 1.807) is 24.3 Å². The van der Waals surface area contributed by atoms with Gasteiger partial charge in [0.15, 0.2) is 0 Å². The number of aromatic nitrogens is 1. The average molecular weight is 344 g/mol. The highest BCUT2D eigenvalue weighted by atomic mass is 35.5. The molecular weight excluding hydrogens is 326 g/mol. The van der Waals surface area contributed by atoms with E-state index in [0.717, 1.165) is 16.5 Å². The van der Waals surface area contributed by atoms with Crippen molar-refractivity contribution in [2.45, 2.75) is 12.8 Å². The molecule has 0 atom stereocenters. The van der Waals surface area contributed by atoms with Crippen LogP contribution in [0.5, 0.6) is 5.75 Å². The molecule has 0 amide bonds.